The maximum atomic E-state index is 6.40. The molecule has 0 amide bonds. The molecule has 0 spiro atoms. The quantitative estimate of drug-likeness (QED) is 0.893. The van der Waals surface area contributed by atoms with E-state index < -0.39 is 0 Å². The molecule has 1 aliphatic rings. The highest BCUT2D eigenvalue weighted by Crippen LogP contribution is 2.34. The van der Waals surface area contributed by atoms with E-state index in [-0.39, 0.29) is 12.1 Å². The molecule has 2 rings (SSSR count). The lowest BCUT2D eigenvalue weighted by molar-refractivity contribution is 0.0490. The summed E-state index contributed by atoms with van der Waals surface area (Å²) < 4.78 is 5.87. The molecule has 1 aliphatic heterocycles. The van der Waals surface area contributed by atoms with Gasteiger partial charge in [-0.05, 0) is 38.3 Å². The standard InChI is InChI=1S/C15H24N2O/c1-9-6-5-7-17-14(9)8-13(16)15-10(2)11(3)18-12(15)4/h5-7,10-13,15H,8,16H2,1-4H3. The van der Waals surface area contributed by atoms with Crippen molar-refractivity contribution < 1.29 is 4.74 Å². The molecular formula is C15H24N2O. The summed E-state index contributed by atoms with van der Waals surface area (Å²) in [5.41, 5.74) is 8.74. The van der Waals surface area contributed by atoms with E-state index in [1.54, 1.807) is 0 Å². The molecule has 3 nitrogen and oxygen atoms in total. The molecule has 0 radical (unpaired) electrons. The summed E-state index contributed by atoms with van der Waals surface area (Å²) in [6.45, 7) is 8.61. The number of rotatable bonds is 3. The van der Waals surface area contributed by atoms with Gasteiger partial charge in [0.05, 0.1) is 12.2 Å². The van der Waals surface area contributed by atoms with Crippen LogP contribution in [0.1, 0.15) is 32.0 Å². The third-order valence-corrected chi connectivity index (χ3v) is 4.36. The van der Waals surface area contributed by atoms with Crippen LogP contribution in [0.4, 0.5) is 0 Å². The fourth-order valence-corrected chi connectivity index (χ4v) is 3.12. The van der Waals surface area contributed by atoms with E-state index in [2.05, 4.69) is 38.7 Å². The summed E-state index contributed by atoms with van der Waals surface area (Å²) in [5.74, 6) is 0.931. The minimum Gasteiger partial charge on any atom is -0.375 e. The Labute approximate surface area is 110 Å². The van der Waals surface area contributed by atoms with Gasteiger partial charge in [-0.25, -0.2) is 0 Å². The molecule has 3 heteroatoms. The van der Waals surface area contributed by atoms with E-state index in [4.69, 9.17) is 10.5 Å². The Balaban J connectivity index is 2.08. The van der Waals surface area contributed by atoms with Crippen molar-refractivity contribution in [1.82, 2.24) is 4.98 Å². The third kappa shape index (κ3) is 2.57. The molecular weight excluding hydrogens is 224 g/mol. The van der Waals surface area contributed by atoms with Gasteiger partial charge in [0.1, 0.15) is 0 Å². The number of nitrogens with two attached hydrogens (primary N) is 1. The van der Waals surface area contributed by atoms with Gasteiger partial charge in [0.2, 0.25) is 0 Å². The molecule has 1 aromatic rings. The minimum atomic E-state index is 0.119. The SMILES string of the molecule is Cc1cccnc1CC(N)C1C(C)OC(C)C1C. The van der Waals surface area contributed by atoms with Gasteiger partial charge in [-0.2, -0.15) is 0 Å². The Hall–Kier alpha value is -0.930. The fourth-order valence-electron chi connectivity index (χ4n) is 3.12. The smallest absolute Gasteiger partial charge is 0.0597 e. The predicted molar refractivity (Wildman–Crippen MR) is 73.3 cm³/mol. The number of ether oxygens (including phenoxy) is 1. The Morgan fingerprint density at radius 3 is 2.61 bits per heavy atom. The zero-order valence-electron chi connectivity index (χ0n) is 11.8. The van der Waals surface area contributed by atoms with Crippen LogP contribution in [-0.4, -0.2) is 23.2 Å². The monoisotopic (exact) mass is 248 g/mol. The highest BCUT2D eigenvalue weighted by Gasteiger charge is 2.40. The maximum Gasteiger partial charge on any atom is 0.0597 e. The van der Waals surface area contributed by atoms with Gasteiger partial charge in [-0.1, -0.05) is 13.0 Å². The summed E-state index contributed by atoms with van der Waals surface area (Å²) >= 11 is 0. The van der Waals surface area contributed by atoms with E-state index in [9.17, 15) is 0 Å². The van der Waals surface area contributed by atoms with E-state index in [1.165, 1.54) is 5.56 Å². The van der Waals surface area contributed by atoms with Crippen LogP contribution in [0.3, 0.4) is 0 Å². The lowest BCUT2D eigenvalue weighted by Crippen LogP contribution is -2.39. The second-order valence-electron chi connectivity index (χ2n) is 5.62. The average molecular weight is 248 g/mol. The van der Waals surface area contributed by atoms with Gasteiger partial charge in [0.25, 0.3) is 0 Å². The zero-order valence-corrected chi connectivity index (χ0v) is 11.8. The molecule has 2 heterocycles. The highest BCUT2D eigenvalue weighted by atomic mass is 16.5. The first kappa shape index (κ1) is 13.5. The van der Waals surface area contributed by atoms with Gasteiger partial charge in [0, 0.05) is 30.3 Å². The van der Waals surface area contributed by atoms with Gasteiger partial charge in [-0.3, -0.25) is 4.98 Å². The first-order valence-corrected chi connectivity index (χ1v) is 6.82. The van der Waals surface area contributed by atoms with Crippen molar-refractivity contribution in [3.63, 3.8) is 0 Å². The third-order valence-electron chi connectivity index (χ3n) is 4.36. The van der Waals surface area contributed by atoms with Crippen LogP contribution in [0, 0.1) is 18.8 Å². The van der Waals surface area contributed by atoms with E-state index in [1.807, 2.05) is 12.3 Å². The van der Waals surface area contributed by atoms with Crippen LogP contribution in [-0.2, 0) is 11.2 Å². The second-order valence-corrected chi connectivity index (χ2v) is 5.62. The topological polar surface area (TPSA) is 48.1 Å². The van der Waals surface area contributed by atoms with Crippen LogP contribution in [0.2, 0.25) is 0 Å². The molecule has 1 saturated heterocycles. The summed E-state index contributed by atoms with van der Waals surface area (Å²) in [5, 5.41) is 0. The van der Waals surface area contributed by atoms with Gasteiger partial charge >= 0.3 is 0 Å². The van der Waals surface area contributed by atoms with E-state index in [0.717, 1.165) is 12.1 Å². The first-order chi connectivity index (χ1) is 8.50. The summed E-state index contributed by atoms with van der Waals surface area (Å²) in [6.07, 6.45) is 3.23. The van der Waals surface area contributed by atoms with Crippen molar-refractivity contribution in [3.05, 3.63) is 29.6 Å². The van der Waals surface area contributed by atoms with Crippen LogP contribution >= 0.6 is 0 Å². The molecule has 0 aromatic carbocycles. The highest BCUT2D eigenvalue weighted by molar-refractivity contribution is 5.19. The molecule has 5 atom stereocenters. The molecule has 1 fully saturated rings. The number of pyridine rings is 1. The molecule has 100 valence electrons. The molecule has 2 N–H and O–H groups in total. The number of nitrogens with zero attached hydrogens (tertiary/aromatic N) is 1. The van der Waals surface area contributed by atoms with Gasteiger partial charge in [-0.15, -0.1) is 0 Å². The second kappa shape index (κ2) is 5.37. The normalized spacial score (nSPS) is 33.6. The lowest BCUT2D eigenvalue weighted by atomic mass is 9.82. The van der Waals surface area contributed by atoms with Gasteiger partial charge in [0.15, 0.2) is 0 Å². The van der Waals surface area contributed by atoms with Gasteiger partial charge < -0.3 is 10.5 Å². The van der Waals surface area contributed by atoms with Crippen molar-refractivity contribution in [3.8, 4) is 0 Å². The van der Waals surface area contributed by atoms with Crippen molar-refractivity contribution in [2.75, 3.05) is 0 Å². The number of hydrogen-bond donors (Lipinski definition) is 1. The Morgan fingerprint density at radius 1 is 1.33 bits per heavy atom. The van der Waals surface area contributed by atoms with E-state index >= 15 is 0 Å². The van der Waals surface area contributed by atoms with Crippen molar-refractivity contribution >= 4 is 0 Å². The van der Waals surface area contributed by atoms with Crippen LogP contribution < -0.4 is 5.73 Å². The Kier molecular flexibility index (Phi) is 4.03. The van der Waals surface area contributed by atoms with Crippen molar-refractivity contribution in [1.29, 1.82) is 0 Å². The van der Waals surface area contributed by atoms with Crippen LogP contribution in [0.5, 0.6) is 0 Å². The Morgan fingerprint density at radius 2 is 2.06 bits per heavy atom. The van der Waals surface area contributed by atoms with Crippen LogP contribution in [0.15, 0.2) is 18.3 Å². The molecule has 5 unspecified atom stereocenters. The van der Waals surface area contributed by atoms with Crippen LogP contribution in [0.25, 0.3) is 0 Å². The van der Waals surface area contributed by atoms with Crippen molar-refractivity contribution in [2.24, 2.45) is 17.6 Å². The maximum absolute atomic E-state index is 6.40. The molecule has 0 saturated carbocycles. The number of aromatic nitrogens is 1. The summed E-state index contributed by atoms with van der Waals surface area (Å²) in [4.78, 5) is 4.44. The molecule has 18 heavy (non-hydrogen) atoms. The number of aryl methyl sites for hydroxylation is 1. The minimum absolute atomic E-state index is 0.119. The molecule has 0 bridgehead atoms. The largest absolute Gasteiger partial charge is 0.375 e. The fraction of sp³-hybridized carbons (Fsp3) is 0.667. The van der Waals surface area contributed by atoms with Crippen molar-refractivity contribution in [2.45, 2.75) is 52.4 Å². The predicted octanol–water partition coefficient (Wildman–Crippen LogP) is 2.32. The lowest BCUT2D eigenvalue weighted by Gasteiger charge is -2.25. The molecule has 0 aliphatic carbocycles. The zero-order chi connectivity index (χ0) is 13.3. The first-order valence-electron chi connectivity index (χ1n) is 6.82. The number of hydrogen-bond acceptors (Lipinski definition) is 3. The Bertz CT molecular complexity index is 407. The van der Waals surface area contributed by atoms with E-state index in [0.29, 0.717) is 17.9 Å². The summed E-state index contributed by atoms with van der Waals surface area (Å²) in [6, 6.07) is 4.18. The average Bonchev–Trinajstić information content (AvgIpc) is 2.56. The summed E-state index contributed by atoms with van der Waals surface area (Å²) in [7, 11) is 0. The molecule has 1 aromatic heterocycles.